The lowest BCUT2D eigenvalue weighted by molar-refractivity contribution is 0.171. The molecule has 0 aromatic heterocycles. The molecule has 4 aliphatic rings. The minimum absolute atomic E-state index is 0.0666. The van der Waals surface area contributed by atoms with Gasteiger partial charge in [-0.1, -0.05) is 0 Å². The number of sulfonamides is 1. The van der Waals surface area contributed by atoms with Crippen LogP contribution < -0.4 is 9.47 Å². The molecule has 2 bridgehead atoms. The van der Waals surface area contributed by atoms with Crippen LogP contribution in [-0.2, 0) is 10.0 Å². The third kappa shape index (κ3) is 2.70. The highest BCUT2D eigenvalue weighted by atomic mass is 32.2. The second kappa shape index (κ2) is 5.65. The molecule has 1 aromatic carbocycles. The first-order chi connectivity index (χ1) is 11.0. The van der Waals surface area contributed by atoms with Crippen molar-refractivity contribution in [3.05, 3.63) is 18.2 Å². The van der Waals surface area contributed by atoms with E-state index < -0.39 is 10.0 Å². The number of piperidine rings is 1. The number of rotatable bonds is 2. The van der Waals surface area contributed by atoms with E-state index in [2.05, 4.69) is 11.9 Å². The van der Waals surface area contributed by atoms with Crippen LogP contribution in [0.25, 0.3) is 0 Å². The fourth-order valence-electron chi connectivity index (χ4n) is 3.89. The molecule has 0 unspecified atom stereocenters. The Morgan fingerprint density at radius 3 is 2.65 bits per heavy atom. The predicted octanol–water partition coefficient (Wildman–Crippen LogP) is 1.17. The SMILES string of the molecule is CN1C[C@@H]2CC[C@H](C1)N(S(=O)(=O)c1ccc3c(c1)OCCO3)C2. The maximum atomic E-state index is 13.1. The summed E-state index contributed by atoms with van der Waals surface area (Å²) in [6.07, 6.45) is 2.06. The van der Waals surface area contributed by atoms with Gasteiger partial charge in [0.1, 0.15) is 13.2 Å². The van der Waals surface area contributed by atoms with Crippen LogP contribution in [-0.4, -0.2) is 63.6 Å². The van der Waals surface area contributed by atoms with Crippen LogP contribution in [0, 0.1) is 5.92 Å². The minimum Gasteiger partial charge on any atom is -0.486 e. The average molecular weight is 338 g/mol. The van der Waals surface area contributed by atoms with Crippen molar-refractivity contribution < 1.29 is 17.9 Å². The number of nitrogens with zero attached hydrogens (tertiary/aromatic N) is 2. The van der Waals surface area contributed by atoms with Crippen LogP contribution >= 0.6 is 0 Å². The molecule has 0 aliphatic carbocycles. The normalized spacial score (nSPS) is 28.6. The highest BCUT2D eigenvalue weighted by Gasteiger charge is 2.40. The Bertz CT molecular complexity index is 706. The monoisotopic (exact) mass is 338 g/mol. The zero-order valence-corrected chi connectivity index (χ0v) is 14.1. The van der Waals surface area contributed by atoms with Gasteiger partial charge in [0.25, 0.3) is 0 Å². The maximum Gasteiger partial charge on any atom is 0.243 e. The van der Waals surface area contributed by atoms with Gasteiger partial charge in [0, 0.05) is 31.7 Å². The third-order valence-corrected chi connectivity index (χ3v) is 6.88. The summed E-state index contributed by atoms with van der Waals surface area (Å²) in [5, 5.41) is 0. The number of benzene rings is 1. The van der Waals surface area contributed by atoms with Crippen LogP contribution in [0.4, 0.5) is 0 Å². The topological polar surface area (TPSA) is 59.1 Å². The minimum atomic E-state index is -3.50. The Hall–Kier alpha value is -1.31. The molecular weight excluding hydrogens is 316 g/mol. The lowest BCUT2D eigenvalue weighted by Gasteiger charge is -2.35. The van der Waals surface area contributed by atoms with Gasteiger partial charge in [-0.15, -0.1) is 0 Å². The predicted molar refractivity (Wildman–Crippen MR) is 85.3 cm³/mol. The highest BCUT2D eigenvalue weighted by Crippen LogP contribution is 2.36. The molecule has 7 heteroatoms. The van der Waals surface area contributed by atoms with E-state index in [-0.39, 0.29) is 6.04 Å². The van der Waals surface area contributed by atoms with Gasteiger partial charge in [-0.05, 0) is 37.9 Å². The van der Waals surface area contributed by atoms with Crippen LogP contribution in [0.1, 0.15) is 12.8 Å². The van der Waals surface area contributed by atoms with E-state index in [0.717, 1.165) is 25.9 Å². The van der Waals surface area contributed by atoms with E-state index in [1.54, 1.807) is 22.5 Å². The molecule has 6 nitrogen and oxygen atoms in total. The molecular formula is C16H22N2O4S. The molecule has 0 radical (unpaired) electrons. The van der Waals surface area contributed by atoms with E-state index in [1.807, 2.05) is 0 Å². The second-order valence-electron chi connectivity index (χ2n) is 6.70. The van der Waals surface area contributed by atoms with Crippen molar-refractivity contribution in [1.82, 2.24) is 9.21 Å². The number of hydrogen-bond acceptors (Lipinski definition) is 5. The van der Waals surface area contributed by atoms with E-state index in [0.29, 0.717) is 42.1 Å². The first kappa shape index (κ1) is 15.2. The van der Waals surface area contributed by atoms with Gasteiger partial charge in [-0.25, -0.2) is 8.42 Å². The van der Waals surface area contributed by atoms with Crippen LogP contribution in [0.15, 0.2) is 23.1 Å². The van der Waals surface area contributed by atoms with Crippen molar-refractivity contribution in [1.29, 1.82) is 0 Å². The number of ether oxygens (including phenoxy) is 2. The average Bonchev–Trinajstić information content (AvgIpc) is 2.83. The van der Waals surface area contributed by atoms with E-state index >= 15 is 0 Å². The van der Waals surface area contributed by atoms with Crippen LogP contribution in [0.2, 0.25) is 0 Å². The molecule has 0 spiro atoms. The second-order valence-corrected chi connectivity index (χ2v) is 8.59. The summed E-state index contributed by atoms with van der Waals surface area (Å²) in [4.78, 5) is 2.55. The Kier molecular flexibility index (Phi) is 3.74. The molecule has 3 fully saturated rings. The Balaban J connectivity index is 1.67. The molecule has 23 heavy (non-hydrogen) atoms. The summed E-state index contributed by atoms with van der Waals surface area (Å²) >= 11 is 0. The van der Waals surface area contributed by atoms with Gasteiger partial charge in [0.05, 0.1) is 4.90 Å². The fourth-order valence-corrected chi connectivity index (χ4v) is 5.63. The lowest BCUT2D eigenvalue weighted by Crippen LogP contribution is -2.47. The van der Waals surface area contributed by atoms with Crippen molar-refractivity contribution in [2.75, 3.05) is 39.9 Å². The van der Waals surface area contributed by atoms with Crippen molar-refractivity contribution in [3.8, 4) is 11.5 Å². The molecule has 4 aliphatic heterocycles. The summed E-state index contributed by atoms with van der Waals surface area (Å²) in [6.45, 7) is 3.35. The zero-order valence-electron chi connectivity index (χ0n) is 13.3. The van der Waals surface area contributed by atoms with E-state index in [4.69, 9.17) is 9.47 Å². The van der Waals surface area contributed by atoms with Gasteiger partial charge < -0.3 is 14.4 Å². The summed E-state index contributed by atoms with van der Waals surface area (Å²) in [7, 11) is -1.43. The Morgan fingerprint density at radius 1 is 1.04 bits per heavy atom. The summed E-state index contributed by atoms with van der Waals surface area (Å²) in [6, 6.07) is 5.00. The first-order valence-electron chi connectivity index (χ1n) is 8.14. The van der Waals surface area contributed by atoms with Gasteiger partial charge >= 0.3 is 0 Å². The van der Waals surface area contributed by atoms with Crippen LogP contribution in [0.3, 0.4) is 0 Å². The molecule has 1 aromatic rings. The van der Waals surface area contributed by atoms with E-state index in [1.165, 1.54) is 0 Å². The molecule has 126 valence electrons. The molecule has 0 saturated carbocycles. The maximum absolute atomic E-state index is 13.1. The molecule has 3 saturated heterocycles. The van der Waals surface area contributed by atoms with Crippen molar-refractivity contribution in [2.24, 2.45) is 5.92 Å². The standard InChI is InChI=1S/C16H22N2O4S/c1-17-9-12-2-3-13(11-17)18(10-12)23(19,20)14-4-5-15-16(8-14)22-7-6-21-15/h4-5,8,12-13H,2-3,6-7,9-11H2,1H3/t12-,13+/m0/s1. The fraction of sp³-hybridized carbons (Fsp3) is 0.625. The van der Waals surface area contributed by atoms with Crippen molar-refractivity contribution in [2.45, 2.75) is 23.8 Å². The number of fused-ring (bicyclic) bond motifs is 5. The van der Waals surface area contributed by atoms with Gasteiger partial charge in [-0.2, -0.15) is 4.31 Å². The number of likely N-dealkylation sites (N-methyl/N-ethyl adjacent to an activating group) is 1. The quantitative estimate of drug-likeness (QED) is 0.810. The molecule has 0 amide bonds. The summed E-state index contributed by atoms with van der Waals surface area (Å²) in [5.74, 6) is 1.56. The smallest absolute Gasteiger partial charge is 0.243 e. The van der Waals surface area contributed by atoms with E-state index in [9.17, 15) is 8.42 Å². The van der Waals surface area contributed by atoms with Gasteiger partial charge in [0.15, 0.2) is 11.5 Å². The van der Waals surface area contributed by atoms with Gasteiger partial charge in [0.2, 0.25) is 10.0 Å². The van der Waals surface area contributed by atoms with Crippen molar-refractivity contribution >= 4 is 10.0 Å². The molecule has 0 N–H and O–H groups in total. The molecule has 4 heterocycles. The zero-order chi connectivity index (χ0) is 16.0. The van der Waals surface area contributed by atoms with Crippen molar-refractivity contribution in [3.63, 3.8) is 0 Å². The summed E-state index contributed by atoms with van der Waals surface area (Å²) < 4.78 is 39.0. The summed E-state index contributed by atoms with van der Waals surface area (Å²) in [5.41, 5.74) is 0. The lowest BCUT2D eigenvalue weighted by atomic mass is 9.97. The Morgan fingerprint density at radius 2 is 1.83 bits per heavy atom. The molecule has 2 atom stereocenters. The number of hydrogen-bond donors (Lipinski definition) is 0. The molecule has 5 rings (SSSR count). The third-order valence-electron chi connectivity index (χ3n) is 4.97. The van der Waals surface area contributed by atoms with Gasteiger partial charge in [-0.3, -0.25) is 0 Å². The first-order valence-corrected chi connectivity index (χ1v) is 9.58. The van der Waals surface area contributed by atoms with Crippen LogP contribution in [0.5, 0.6) is 11.5 Å². The Labute approximate surface area is 137 Å². The largest absolute Gasteiger partial charge is 0.486 e. The highest BCUT2D eigenvalue weighted by molar-refractivity contribution is 7.89.